The average Bonchev–Trinajstić information content (AvgIpc) is 2.09. The van der Waals surface area contributed by atoms with Gasteiger partial charge in [-0.2, -0.15) is 0 Å². The van der Waals surface area contributed by atoms with Gasteiger partial charge in [0.05, 0.1) is 0 Å². The number of para-hydroxylation sites is 2. The lowest BCUT2D eigenvalue weighted by molar-refractivity contribution is 0.158. The lowest BCUT2D eigenvalue weighted by atomic mass is 10.3. The fourth-order valence-corrected chi connectivity index (χ4v) is 0.806. The third-order valence-electron chi connectivity index (χ3n) is 1.27. The summed E-state index contributed by atoms with van der Waals surface area (Å²) in [7, 11) is 0. The molecule has 0 N–H and O–H groups in total. The highest BCUT2D eigenvalue weighted by molar-refractivity contribution is 5.39. The van der Waals surface area contributed by atoms with Gasteiger partial charge in [-0.3, -0.25) is 0 Å². The molecule has 1 aromatic carbocycles. The summed E-state index contributed by atoms with van der Waals surface area (Å²) in [6.07, 6.45) is 0. The van der Waals surface area contributed by atoms with Gasteiger partial charge in [0.25, 0.3) is 0 Å². The van der Waals surface area contributed by atoms with Crippen LogP contribution in [0.4, 0.5) is 8.78 Å². The Bertz CT molecular complexity index is 215. The average molecular weight is 174 g/mol. The number of rotatable bonds is 4. The van der Waals surface area contributed by atoms with Gasteiger partial charge < -0.3 is 9.47 Å². The normalized spacial score (nSPS) is 9.50. The third-order valence-corrected chi connectivity index (χ3v) is 1.27. The van der Waals surface area contributed by atoms with Crippen molar-refractivity contribution in [2.45, 2.75) is 0 Å². The zero-order chi connectivity index (χ0) is 8.81. The third kappa shape index (κ3) is 2.08. The van der Waals surface area contributed by atoms with Gasteiger partial charge in [-0.15, -0.1) is 0 Å². The smallest absolute Gasteiger partial charge is 0.228 e. The van der Waals surface area contributed by atoms with E-state index in [1.54, 1.807) is 12.1 Å². The fourth-order valence-electron chi connectivity index (χ4n) is 0.806. The zero-order valence-corrected chi connectivity index (χ0v) is 6.30. The van der Waals surface area contributed by atoms with Crippen molar-refractivity contribution in [3.63, 3.8) is 0 Å². The SMILES string of the molecule is FCOc1ccccc1OCF. The van der Waals surface area contributed by atoms with Gasteiger partial charge >= 0.3 is 0 Å². The van der Waals surface area contributed by atoms with Crippen molar-refractivity contribution in [2.24, 2.45) is 0 Å². The largest absolute Gasteiger partial charge is 0.459 e. The Morgan fingerprint density at radius 3 is 1.67 bits per heavy atom. The summed E-state index contributed by atoms with van der Waals surface area (Å²) >= 11 is 0. The predicted molar refractivity (Wildman–Crippen MR) is 39.6 cm³/mol. The molecule has 0 saturated carbocycles. The second-order valence-corrected chi connectivity index (χ2v) is 1.95. The minimum Gasteiger partial charge on any atom is -0.459 e. The van der Waals surface area contributed by atoms with E-state index in [0.717, 1.165) is 0 Å². The highest BCUT2D eigenvalue weighted by atomic mass is 19.1. The predicted octanol–water partition coefficient (Wildman–Crippen LogP) is 2.30. The summed E-state index contributed by atoms with van der Waals surface area (Å²) in [5.41, 5.74) is 0. The molecule has 1 rings (SSSR count). The van der Waals surface area contributed by atoms with Gasteiger partial charge in [0.15, 0.2) is 11.5 Å². The summed E-state index contributed by atoms with van der Waals surface area (Å²) in [6.45, 7) is -1.90. The maximum absolute atomic E-state index is 11.7. The van der Waals surface area contributed by atoms with Crippen molar-refractivity contribution in [2.75, 3.05) is 13.7 Å². The number of halogens is 2. The number of ether oxygens (including phenoxy) is 2. The molecular formula is C8H8F2O2. The van der Waals surface area contributed by atoms with E-state index in [1.807, 2.05) is 0 Å². The Kier molecular flexibility index (Phi) is 3.32. The number of benzene rings is 1. The second-order valence-electron chi connectivity index (χ2n) is 1.95. The van der Waals surface area contributed by atoms with E-state index in [9.17, 15) is 8.78 Å². The first-order chi connectivity index (χ1) is 5.88. The molecule has 2 nitrogen and oxygen atoms in total. The van der Waals surface area contributed by atoms with E-state index >= 15 is 0 Å². The molecule has 0 atom stereocenters. The molecule has 0 amide bonds. The lowest BCUT2D eigenvalue weighted by Gasteiger charge is -2.06. The second kappa shape index (κ2) is 4.54. The summed E-state index contributed by atoms with van der Waals surface area (Å²) in [4.78, 5) is 0. The first kappa shape index (κ1) is 8.77. The van der Waals surface area contributed by atoms with Crippen molar-refractivity contribution in [1.29, 1.82) is 0 Å². The van der Waals surface area contributed by atoms with E-state index in [0.29, 0.717) is 0 Å². The van der Waals surface area contributed by atoms with E-state index in [2.05, 4.69) is 9.47 Å². The summed E-state index contributed by atoms with van der Waals surface area (Å²) in [5.74, 6) is 0.412. The van der Waals surface area contributed by atoms with Crippen LogP contribution in [0.5, 0.6) is 11.5 Å². The topological polar surface area (TPSA) is 18.5 Å². The molecule has 0 bridgehead atoms. The van der Waals surface area contributed by atoms with Crippen molar-refractivity contribution in [1.82, 2.24) is 0 Å². The monoisotopic (exact) mass is 174 g/mol. The molecule has 0 heterocycles. The summed E-state index contributed by atoms with van der Waals surface area (Å²) in [5, 5.41) is 0. The molecule has 0 spiro atoms. The van der Waals surface area contributed by atoms with Crippen LogP contribution in [-0.4, -0.2) is 13.7 Å². The molecule has 0 radical (unpaired) electrons. The van der Waals surface area contributed by atoms with Gasteiger partial charge in [-0.1, -0.05) is 12.1 Å². The quantitative estimate of drug-likeness (QED) is 0.697. The van der Waals surface area contributed by atoms with Crippen LogP contribution < -0.4 is 9.47 Å². The van der Waals surface area contributed by atoms with Crippen LogP contribution in [0.2, 0.25) is 0 Å². The Hall–Kier alpha value is -1.32. The highest BCUT2D eigenvalue weighted by Gasteiger charge is 2.02. The Morgan fingerprint density at radius 1 is 0.917 bits per heavy atom. The van der Waals surface area contributed by atoms with E-state index in [4.69, 9.17) is 0 Å². The Morgan fingerprint density at radius 2 is 1.33 bits per heavy atom. The molecule has 0 aliphatic carbocycles. The molecule has 0 aliphatic rings. The maximum atomic E-state index is 11.7. The summed E-state index contributed by atoms with van der Waals surface area (Å²) < 4.78 is 32.5. The number of hydrogen-bond acceptors (Lipinski definition) is 2. The van der Waals surface area contributed by atoms with Gasteiger partial charge in [0.1, 0.15) is 0 Å². The van der Waals surface area contributed by atoms with E-state index in [1.165, 1.54) is 12.1 Å². The van der Waals surface area contributed by atoms with Crippen LogP contribution in [0, 0.1) is 0 Å². The molecule has 0 saturated heterocycles. The maximum Gasteiger partial charge on any atom is 0.228 e. The molecule has 0 unspecified atom stereocenters. The van der Waals surface area contributed by atoms with Crippen LogP contribution in [0.1, 0.15) is 0 Å². The van der Waals surface area contributed by atoms with E-state index < -0.39 is 13.7 Å². The van der Waals surface area contributed by atoms with Gasteiger partial charge in [-0.25, -0.2) is 8.78 Å². The minimum absolute atomic E-state index is 0.206. The van der Waals surface area contributed by atoms with Crippen LogP contribution in [0.15, 0.2) is 24.3 Å². The van der Waals surface area contributed by atoms with Crippen molar-refractivity contribution in [3.05, 3.63) is 24.3 Å². The van der Waals surface area contributed by atoms with Gasteiger partial charge in [0.2, 0.25) is 13.7 Å². The molecule has 0 aromatic heterocycles. The number of hydrogen-bond donors (Lipinski definition) is 0. The van der Waals surface area contributed by atoms with Crippen LogP contribution >= 0.6 is 0 Å². The first-order valence-electron chi connectivity index (χ1n) is 3.35. The highest BCUT2D eigenvalue weighted by Crippen LogP contribution is 2.26. The van der Waals surface area contributed by atoms with Gasteiger partial charge in [-0.05, 0) is 12.1 Å². The van der Waals surface area contributed by atoms with Gasteiger partial charge in [0, 0.05) is 0 Å². The van der Waals surface area contributed by atoms with Crippen molar-refractivity contribution < 1.29 is 18.3 Å². The Labute approximate surface area is 68.7 Å². The lowest BCUT2D eigenvalue weighted by Crippen LogP contribution is -1.96. The van der Waals surface area contributed by atoms with Crippen molar-refractivity contribution in [3.8, 4) is 11.5 Å². The molecule has 66 valence electrons. The van der Waals surface area contributed by atoms with Crippen LogP contribution in [-0.2, 0) is 0 Å². The molecule has 12 heavy (non-hydrogen) atoms. The number of alkyl halides is 2. The van der Waals surface area contributed by atoms with Crippen molar-refractivity contribution >= 4 is 0 Å². The molecule has 4 heteroatoms. The molecule has 0 fully saturated rings. The Balaban J connectivity index is 2.77. The molecule has 0 aliphatic heterocycles. The molecular weight excluding hydrogens is 166 g/mol. The fraction of sp³-hybridized carbons (Fsp3) is 0.250. The first-order valence-corrected chi connectivity index (χ1v) is 3.35. The van der Waals surface area contributed by atoms with E-state index in [-0.39, 0.29) is 11.5 Å². The van der Waals surface area contributed by atoms with Crippen LogP contribution in [0.25, 0.3) is 0 Å². The summed E-state index contributed by atoms with van der Waals surface area (Å²) in [6, 6.07) is 6.31. The minimum atomic E-state index is -0.952. The standard InChI is InChI=1S/C8H8F2O2/c9-5-11-7-3-1-2-4-8(7)12-6-10/h1-4H,5-6H2. The molecule has 1 aromatic rings. The van der Waals surface area contributed by atoms with Crippen LogP contribution in [0.3, 0.4) is 0 Å². The zero-order valence-electron chi connectivity index (χ0n) is 6.30.